The summed E-state index contributed by atoms with van der Waals surface area (Å²) in [6.07, 6.45) is 1.21. The topological polar surface area (TPSA) is 130 Å². The van der Waals surface area contributed by atoms with Crippen molar-refractivity contribution in [1.82, 2.24) is 9.78 Å². The molecule has 0 aliphatic rings. The Morgan fingerprint density at radius 2 is 2.40 bits per heavy atom. The molecule has 8 nitrogen and oxygen atoms in total. The number of halogens is 1. The Morgan fingerprint density at radius 3 is 2.80 bits per heavy atom. The van der Waals surface area contributed by atoms with Gasteiger partial charge in [0.1, 0.15) is 6.04 Å². The van der Waals surface area contributed by atoms with Crippen LogP contribution < -0.4 is 11.5 Å². The van der Waals surface area contributed by atoms with Gasteiger partial charge in [0.25, 0.3) is 0 Å². The lowest BCUT2D eigenvalue weighted by Crippen LogP contribution is -2.39. The zero-order chi connectivity index (χ0) is 11.6. The van der Waals surface area contributed by atoms with Crippen LogP contribution in [0.5, 0.6) is 0 Å². The van der Waals surface area contributed by atoms with E-state index in [-0.39, 0.29) is 11.6 Å². The van der Waals surface area contributed by atoms with Gasteiger partial charge in [-0.05, 0) is 4.92 Å². The molecule has 1 aromatic rings. The van der Waals surface area contributed by atoms with E-state index in [0.29, 0.717) is 0 Å². The average molecular weight is 234 g/mol. The van der Waals surface area contributed by atoms with Crippen molar-refractivity contribution in [3.63, 3.8) is 0 Å². The molecule has 0 spiro atoms. The fourth-order valence-corrected chi connectivity index (χ4v) is 1.12. The number of nitro groups is 1. The molecule has 0 saturated heterocycles. The number of carbonyl (C=O) groups is 1. The summed E-state index contributed by atoms with van der Waals surface area (Å²) in [6, 6.07) is -0.958. The Bertz CT molecular complexity index is 403. The van der Waals surface area contributed by atoms with Crippen molar-refractivity contribution in [3.05, 3.63) is 21.3 Å². The van der Waals surface area contributed by atoms with Gasteiger partial charge in [-0.25, -0.2) is 0 Å². The standard InChI is InChI=1S/C6H8ClN5O3/c7-3-1-11(2-4(8)5(9)13)10-6(3)12(14)15/h1,4H,2,8H2,(H2,9,13). The highest BCUT2D eigenvalue weighted by atomic mass is 35.5. The molecule has 0 aromatic carbocycles. The predicted octanol–water partition coefficient (Wildman–Crippen LogP) is -0.743. The van der Waals surface area contributed by atoms with Crippen molar-refractivity contribution < 1.29 is 9.72 Å². The van der Waals surface area contributed by atoms with Crippen molar-refractivity contribution >= 4 is 23.3 Å². The molecule has 0 radical (unpaired) electrons. The molecule has 15 heavy (non-hydrogen) atoms. The Kier molecular flexibility index (Phi) is 3.22. The third-order valence-electron chi connectivity index (χ3n) is 1.62. The van der Waals surface area contributed by atoms with Crippen LogP contribution in [0.4, 0.5) is 5.82 Å². The smallest absolute Gasteiger partial charge is 0.368 e. The highest BCUT2D eigenvalue weighted by Crippen LogP contribution is 2.21. The van der Waals surface area contributed by atoms with Crippen molar-refractivity contribution in [3.8, 4) is 0 Å². The second-order valence-electron chi connectivity index (χ2n) is 2.79. The molecular formula is C6H8ClN5O3. The third kappa shape index (κ3) is 2.64. The van der Waals surface area contributed by atoms with E-state index in [2.05, 4.69) is 5.10 Å². The molecule has 1 atom stereocenters. The third-order valence-corrected chi connectivity index (χ3v) is 1.89. The lowest BCUT2D eigenvalue weighted by molar-refractivity contribution is -0.389. The van der Waals surface area contributed by atoms with Crippen molar-refractivity contribution in [2.24, 2.45) is 11.5 Å². The summed E-state index contributed by atoms with van der Waals surface area (Å²) in [7, 11) is 0. The molecule has 4 N–H and O–H groups in total. The number of rotatable bonds is 4. The molecule has 0 aliphatic heterocycles. The van der Waals surface area contributed by atoms with Gasteiger partial charge in [-0.3, -0.25) is 4.79 Å². The molecule has 1 amide bonds. The molecule has 1 heterocycles. The number of nitrogens with zero attached hydrogens (tertiary/aromatic N) is 3. The molecule has 0 fully saturated rings. The van der Waals surface area contributed by atoms with Gasteiger partial charge in [-0.1, -0.05) is 11.6 Å². The molecular weight excluding hydrogens is 226 g/mol. The summed E-state index contributed by atoms with van der Waals surface area (Å²) in [5.41, 5.74) is 10.3. The summed E-state index contributed by atoms with van der Waals surface area (Å²) in [4.78, 5) is 20.3. The first-order valence-corrected chi connectivity index (χ1v) is 4.22. The van der Waals surface area contributed by atoms with Crippen LogP contribution in [-0.2, 0) is 11.3 Å². The second kappa shape index (κ2) is 4.24. The number of aromatic nitrogens is 2. The maximum absolute atomic E-state index is 10.6. The number of nitrogens with two attached hydrogens (primary N) is 2. The normalized spacial score (nSPS) is 12.4. The zero-order valence-corrected chi connectivity index (χ0v) is 8.22. The van der Waals surface area contributed by atoms with E-state index in [9.17, 15) is 14.9 Å². The zero-order valence-electron chi connectivity index (χ0n) is 7.46. The first-order chi connectivity index (χ1) is 6.91. The van der Waals surface area contributed by atoms with Crippen LogP contribution in [0.15, 0.2) is 6.20 Å². The summed E-state index contributed by atoms with van der Waals surface area (Å²) in [6.45, 7) is -0.0527. The quantitative estimate of drug-likeness (QED) is 0.522. The number of hydrogen-bond donors (Lipinski definition) is 2. The molecule has 9 heteroatoms. The lowest BCUT2D eigenvalue weighted by atomic mass is 10.3. The van der Waals surface area contributed by atoms with E-state index >= 15 is 0 Å². The number of carbonyl (C=O) groups excluding carboxylic acids is 1. The van der Waals surface area contributed by atoms with Crippen LogP contribution in [0.1, 0.15) is 0 Å². The highest BCUT2D eigenvalue weighted by molar-refractivity contribution is 6.32. The van der Waals surface area contributed by atoms with Gasteiger partial charge in [0.2, 0.25) is 5.91 Å². The van der Waals surface area contributed by atoms with Gasteiger partial charge in [-0.15, -0.1) is 0 Å². The Balaban J connectivity index is 2.84. The number of primary amides is 1. The molecule has 0 aliphatic carbocycles. The second-order valence-corrected chi connectivity index (χ2v) is 3.20. The fraction of sp³-hybridized carbons (Fsp3) is 0.333. The van der Waals surface area contributed by atoms with Crippen LogP contribution in [-0.4, -0.2) is 26.7 Å². The van der Waals surface area contributed by atoms with E-state index in [1.807, 2.05) is 0 Å². The predicted molar refractivity (Wildman–Crippen MR) is 51.1 cm³/mol. The van der Waals surface area contributed by atoms with Gasteiger partial charge in [0.15, 0.2) is 5.02 Å². The minimum Gasteiger partial charge on any atom is -0.368 e. The maximum Gasteiger partial charge on any atom is 0.408 e. The van der Waals surface area contributed by atoms with Gasteiger partial charge in [0.05, 0.1) is 17.8 Å². The molecule has 0 saturated carbocycles. The number of hydrogen-bond acceptors (Lipinski definition) is 5. The average Bonchev–Trinajstić information content (AvgIpc) is 2.46. The fourth-order valence-electron chi connectivity index (χ4n) is 0.896. The van der Waals surface area contributed by atoms with Gasteiger partial charge < -0.3 is 21.6 Å². The lowest BCUT2D eigenvalue weighted by Gasteiger charge is -2.03. The minimum atomic E-state index is -0.958. The Morgan fingerprint density at radius 1 is 1.80 bits per heavy atom. The Hall–Kier alpha value is -1.67. The molecule has 1 rings (SSSR count). The minimum absolute atomic E-state index is 0.0527. The van der Waals surface area contributed by atoms with Crippen LogP contribution in [0, 0.1) is 10.1 Å². The van der Waals surface area contributed by atoms with Crippen molar-refractivity contribution in [2.45, 2.75) is 12.6 Å². The van der Waals surface area contributed by atoms with Crippen LogP contribution in [0.25, 0.3) is 0 Å². The van der Waals surface area contributed by atoms with Gasteiger partial charge in [0, 0.05) is 0 Å². The van der Waals surface area contributed by atoms with Crippen LogP contribution in [0.2, 0.25) is 5.02 Å². The molecule has 82 valence electrons. The largest absolute Gasteiger partial charge is 0.408 e. The summed E-state index contributed by atoms with van der Waals surface area (Å²) < 4.78 is 1.11. The summed E-state index contributed by atoms with van der Waals surface area (Å²) >= 11 is 5.52. The van der Waals surface area contributed by atoms with E-state index in [4.69, 9.17) is 23.1 Å². The molecule has 0 bridgehead atoms. The van der Waals surface area contributed by atoms with E-state index in [1.54, 1.807) is 0 Å². The monoisotopic (exact) mass is 233 g/mol. The van der Waals surface area contributed by atoms with Gasteiger partial charge in [-0.2, -0.15) is 4.68 Å². The number of amides is 1. The summed E-state index contributed by atoms with van der Waals surface area (Å²) in [5.74, 6) is -1.20. The summed E-state index contributed by atoms with van der Waals surface area (Å²) in [5, 5.41) is 13.8. The van der Waals surface area contributed by atoms with Crippen LogP contribution in [0.3, 0.4) is 0 Å². The van der Waals surface area contributed by atoms with E-state index in [1.165, 1.54) is 6.20 Å². The maximum atomic E-state index is 10.6. The van der Waals surface area contributed by atoms with E-state index < -0.39 is 22.7 Å². The first kappa shape index (κ1) is 11.4. The highest BCUT2D eigenvalue weighted by Gasteiger charge is 2.21. The molecule has 1 unspecified atom stereocenters. The first-order valence-electron chi connectivity index (χ1n) is 3.84. The Labute approximate surface area is 88.9 Å². The van der Waals surface area contributed by atoms with E-state index in [0.717, 1.165) is 4.68 Å². The van der Waals surface area contributed by atoms with Crippen LogP contribution >= 0.6 is 11.6 Å². The van der Waals surface area contributed by atoms with Gasteiger partial charge >= 0.3 is 5.82 Å². The molecule has 1 aromatic heterocycles. The SMILES string of the molecule is NC(=O)C(N)Cn1cc(Cl)c([N+](=O)[O-])n1. The van der Waals surface area contributed by atoms with Crippen molar-refractivity contribution in [2.75, 3.05) is 0 Å². The van der Waals surface area contributed by atoms with Crippen molar-refractivity contribution in [1.29, 1.82) is 0 Å².